The van der Waals surface area contributed by atoms with Gasteiger partial charge in [0.05, 0.1) is 0 Å². The number of nitriles is 1. The highest BCUT2D eigenvalue weighted by molar-refractivity contribution is 5.58. The van der Waals surface area contributed by atoms with Gasteiger partial charge < -0.3 is 4.90 Å². The summed E-state index contributed by atoms with van der Waals surface area (Å²) in [5, 5.41) is 8.87. The molecule has 18 heavy (non-hydrogen) atoms. The van der Waals surface area contributed by atoms with Gasteiger partial charge in [0.2, 0.25) is 5.95 Å². The van der Waals surface area contributed by atoms with Crippen molar-refractivity contribution in [1.82, 2.24) is 9.97 Å². The maximum atomic E-state index is 8.87. The standard InChI is InChI=1S/C14H14N4/c1-3-18(13-6-4-5-11(2)9-13)14-16-8-7-12(10-15)17-14/h4-9H,3H2,1-2H3. The number of aromatic nitrogens is 2. The van der Waals surface area contributed by atoms with Crippen molar-refractivity contribution in [3.8, 4) is 6.07 Å². The normalized spacial score (nSPS) is 9.83. The van der Waals surface area contributed by atoms with E-state index in [0.717, 1.165) is 12.2 Å². The fraction of sp³-hybridized carbons (Fsp3) is 0.214. The van der Waals surface area contributed by atoms with Crippen LogP contribution in [0.2, 0.25) is 0 Å². The molecule has 1 heterocycles. The lowest BCUT2D eigenvalue weighted by Crippen LogP contribution is -2.19. The van der Waals surface area contributed by atoms with Crippen molar-refractivity contribution in [3.63, 3.8) is 0 Å². The topological polar surface area (TPSA) is 52.8 Å². The van der Waals surface area contributed by atoms with Gasteiger partial charge in [-0.05, 0) is 37.6 Å². The smallest absolute Gasteiger partial charge is 0.231 e. The number of aryl methyl sites for hydroxylation is 1. The summed E-state index contributed by atoms with van der Waals surface area (Å²) in [6.07, 6.45) is 1.61. The SMILES string of the molecule is CCN(c1cccc(C)c1)c1nccc(C#N)n1. The molecule has 0 atom stereocenters. The Hall–Kier alpha value is -2.41. The van der Waals surface area contributed by atoms with E-state index in [9.17, 15) is 0 Å². The Kier molecular flexibility index (Phi) is 3.54. The van der Waals surface area contributed by atoms with Crippen molar-refractivity contribution in [3.05, 3.63) is 47.8 Å². The first-order chi connectivity index (χ1) is 8.74. The zero-order valence-corrected chi connectivity index (χ0v) is 10.5. The second kappa shape index (κ2) is 5.28. The number of nitrogens with zero attached hydrogens (tertiary/aromatic N) is 4. The van der Waals surface area contributed by atoms with Crippen LogP contribution in [0.3, 0.4) is 0 Å². The highest BCUT2D eigenvalue weighted by atomic mass is 15.2. The zero-order chi connectivity index (χ0) is 13.0. The second-order valence-corrected chi connectivity index (χ2v) is 3.94. The largest absolute Gasteiger partial charge is 0.311 e. The Morgan fingerprint density at radius 2 is 2.17 bits per heavy atom. The first kappa shape index (κ1) is 12.1. The van der Waals surface area contributed by atoms with Crippen LogP contribution in [0.15, 0.2) is 36.5 Å². The van der Waals surface area contributed by atoms with Gasteiger partial charge in [-0.2, -0.15) is 5.26 Å². The Morgan fingerprint density at radius 1 is 1.33 bits per heavy atom. The van der Waals surface area contributed by atoms with Crippen molar-refractivity contribution in [1.29, 1.82) is 5.26 Å². The van der Waals surface area contributed by atoms with E-state index in [4.69, 9.17) is 5.26 Å². The fourth-order valence-electron chi connectivity index (χ4n) is 1.78. The van der Waals surface area contributed by atoms with Crippen LogP contribution < -0.4 is 4.90 Å². The van der Waals surface area contributed by atoms with Gasteiger partial charge in [-0.1, -0.05) is 12.1 Å². The number of benzene rings is 1. The molecule has 2 aromatic rings. The summed E-state index contributed by atoms with van der Waals surface area (Å²) in [6.45, 7) is 4.83. The minimum atomic E-state index is 0.381. The van der Waals surface area contributed by atoms with Crippen LogP contribution in [-0.4, -0.2) is 16.5 Å². The van der Waals surface area contributed by atoms with Gasteiger partial charge in [-0.25, -0.2) is 9.97 Å². The van der Waals surface area contributed by atoms with Gasteiger partial charge >= 0.3 is 0 Å². The quantitative estimate of drug-likeness (QED) is 0.825. The predicted molar refractivity (Wildman–Crippen MR) is 70.6 cm³/mol. The van der Waals surface area contributed by atoms with Crippen LogP contribution >= 0.6 is 0 Å². The van der Waals surface area contributed by atoms with Crippen LogP contribution in [0.4, 0.5) is 11.6 Å². The van der Waals surface area contributed by atoms with Crippen LogP contribution in [0.25, 0.3) is 0 Å². The van der Waals surface area contributed by atoms with E-state index in [0.29, 0.717) is 11.6 Å². The van der Waals surface area contributed by atoms with E-state index in [2.05, 4.69) is 16.0 Å². The molecule has 0 N–H and O–H groups in total. The molecule has 0 amide bonds. The molecule has 2 rings (SSSR count). The number of hydrogen-bond donors (Lipinski definition) is 0. The third-order valence-electron chi connectivity index (χ3n) is 2.63. The van der Waals surface area contributed by atoms with Crippen LogP contribution in [0.1, 0.15) is 18.2 Å². The average Bonchev–Trinajstić information content (AvgIpc) is 2.40. The van der Waals surface area contributed by atoms with Gasteiger partial charge in [0.25, 0.3) is 0 Å². The summed E-state index contributed by atoms with van der Waals surface area (Å²) in [5.41, 5.74) is 2.60. The number of hydrogen-bond acceptors (Lipinski definition) is 4. The molecule has 0 fully saturated rings. The van der Waals surface area contributed by atoms with Crippen molar-refractivity contribution in [2.45, 2.75) is 13.8 Å². The van der Waals surface area contributed by atoms with E-state index in [1.807, 2.05) is 43.0 Å². The number of anilines is 2. The Bertz CT molecular complexity index is 586. The summed E-state index contributed by atoms with van der Waals surface area (Å²) in [4.78, 5) is 10.4. The maximum Gasteiger partial charge on any atom is 0.231 e. The van der Waals surface area contributed by atoms with E-state index < -0.39 is 0 Å². The highest BCUT2D eigenvalue weighted by Crippen LogP contribution is 2.22. The third-order valence-corrected chi connectivity index (χ3v) is 2.63. The molecule has 0 saturated carbocycles. The molecule has 1 aromatic carbocycles. The first-order valence-electron chi connectivity index (χ1n) is 5.82. The molecule has 0 radical (unpaired) electrons. The Labute approximate surface area is 107 Å². The minimum Gasteiger partial charge on any atom is -0.311 e. The van der Waals surface area contributed by atoms with Gasteiger partial charge in [0.1, 0.15) is 11.8 Å². The minimum absolute atomic E-state index is 0.381. The van der Waals surface area contributed by atoms with E-state index in [1.165, 1.54) is 5.56 Å². The van der Waals surface area contributed by atoms with E-state index >= 15 is 0 Å². The van der Waals surface area contributed by atoms with Gasteiger partial charge in [-0.3, -0.25) is 0 Å². The predicted octanol–water partition coefficient (Wildman–Crippen LogP) is 2.81. The van der Waals surface area contributed by atoms with Gasteiger partial charge in [0.15, 0.2) is 0 Å². The van der Waals surface area contributed by atoms with E-state index in [-0.39, 0.29) is 0 Å². The molecule has 0 spiro atoms. The van der Waals surface area contributed by atoms with Gasteiger partial charge in [0, 0.05) is 18.4 Å². The van der Waals surface area contributed by atoms with Crippen LogP contribution in [0.5, 0.6) is 0 Å². The monoisotopic (exact) mass is 238 g/mol. The molecule has 0 aliphatic heterocycles. The summed E-state index contributed by atoms with van der Waals surface area (Å²) < 4.78 is 0. The summed E-state index contributed by atoms with van der Waals surface area (Å²) >= 11 is 0. The summed E-state index contributed by atoms with van der Waals surface area (Å²) in [7, 11) is 0. The molecular weight excluding hydrogens is 224 g/mol. The third kappa shape index (κ3) is 2.46. The van der Waals surface area contributed by atoms with Crippen molar-refractivity contribution in [2.75, 3.05) is 11.4 Å². The zero-order valence-electron chi connectivity index (χ0n) is 10.5. The molecule has 0 unspecified atom stereocenters. The number of rotatable bonds is 3. The maximum absolute atomic E-state index is 8.87. The summed E-state index contributed by atoms with van der Waals surface area (Å²) in [5.74, 6) is 0.558. The molecule has 4 nitrogen and oxygen atoms in total. The van der Waals surface area contributed by atoms with Crippen molar-refractivity contribution < 1.29 is 0 Å². The lowest BCUT2D eigenvalue weighted by molar-refractivity contribution is 0.940. The van der Waals surface area contributed by atoms with Crippen LogP contribution in [-0.2, 0) is 0 Å². The van der Waals surface area contributed by atoms with Crippen LogP contribution in [0, 0.1) is 18.3 Å². The molecule has 0 aliphatic carbocycles. The Balaban J connectivity index is 2.42. The molecule has 90 valence electrons. The molecular formula is C14H14N4. The molecule has 1 aromatic heterocycles. The second-order valence-electron chi connectivity index (χ2n) is 3.94. The molecule has 0 aliphatic rings. The molecule has 0 saturated heterocycles. The average molecular weight is 238 g/mol. The summed E-state index contributed by atoms with van der Waals surface area (Å²) in [6, 6.07) is 11.8. The first-order valence-corrected chi connectivity index (χ1v) is 5.82. The van der Waals surface area contributed by atoms with E-state index in [1.54, 1.807) is 12.3 Å². The lowest BCUT2D eigenvalue weighted by atomic mass is 10.2. The lowest BCUT2D eigenvalue weighted by Gasteiger charge is -2.21. The van der Waals surface area contributed by atoms with Crippen molar-refractivity contribution in [2.24, 2.45) is 0 Å². The van der Waals surface area contributed by atoms with Gasteiger partial charge in [-0.15, -0.1) is 0 Å². The molecule has 0 bridgehead atoms. The fourth-order valence-corrected chi connectivity index (χ4v) is 1.78. The Morgan fingerprint density at radius 3 is 2.83 bits per heavy atom. The van der Waals surface area contributed by atoms with Crippen molar-refractivity contribution >= 4 is 11.6 Å². The molecule has 4 heteroatoms. The highest BCUT2D eigenvalue weighted by Gasteiger charge is 2.10.